The molecule has 0 spiro atoms. The number of nitro benzene ring substituents is 1. The summed E-state index contributed by atoms with van der Waals surface area (Å²) in [6, 6.07) is 18.3. The lowest BCUT2D eigenvalue weighted by Crippen LogP contribution is -2.44. The monoisotopic (exact) mass is 551 g/mol. The average Bonchev–Trinajstić information content (AvgIpc) is 3.19. The number of benzene rings is 3. The Kier molecular flexibility index (Phi) is 8.24. The van der Waals surface area contributed by atoms with Crippen LogP contribution in [0.15, 0.2) is 71.6 Å². The Balaban J connectivity index is 1.57. The van der Waals surface area contributed by atoms with Crippen molar-refractivity contribution in [2.75, 3.05) is 14.2 Å². The van der Waals surface area contributed by atoms with Crippen LogP contribution in [0.1, 0.15) is 21.5 Å². The molecule has 1 fully saturated rings. The van der Waals surface area contributed by atoms with E-state index >= 15 is 0 Å². The number of carbonyl (C=O) groups is 2. The standard InChI is InChI=1S/C26H21N3O7S2/c1-34-19-10-8-17(9-11-19)24(30)27-28-25(31)23(38-26(28)37)13-18-12-21(35-2)22(14-20(18)29(32)33)36-15-16-6-4-3-5-7-16/h3-14H,15H2,1-2H3,(H,27,30)/b23-13+. The zero-order valence-corrected chi connectivity index (χ0v) is 21.8. The van der Waals surface area contributed by atoms with Crippen molar-refractivity contribution in [3.05, 3.63) is 98.4 Å². The van der Waals surface area contributed by atoms with Gasteiger partial charge in [-0.15, -0.1) is 0 Å². The van der Waals surface area contributed by atoms with Gasteiger partial charge in [0.05, 0.1) is 35.7 Å². The largest absolute Gasteiger partial charge is 0.497 e. The fourth-order valence-corrected chi connectivity index (χ4v) is 4.63. The quantitative estimate of drug-likeness (QED) is 0.174. The van der Waals surface area contributed by atoms with Crippen LogP contribution in [0, 0.1) is 10.1 Å². The van der Waals surface area contributed by atoms with Gasteiger partial charge in [-0.05, 0) is 54.2 Å². The summed E-state index contributed by atoms with van der Waals surface area (Å²) in [5, 5.41) is 12.8. The van der Waals surface area contributed by atoms with Crippen LogP contribution in [0.25, 0.3) is 6.08 Å². The average molecular weight is 552 g/mol. The Bertz CT molecular complexity index is 1430. The summed E-state index contributed by atoms with van der Waals surface area (Å²) in [5.41, 5.74) is 3.46. The molecule has 0 radical (unpaired) electrons. The van der Waals surface area contributed by atoms with Crippen LogP contribution in [0.2, 0.25) is 0 Å². The number of thiocarbonyl (C=S) groups is 1. The van der Waals surface area contributed by atoms with Crippen molar-refractivity contribution in [3.8, 4) is 17.2 Å². The van der Waals surface area contributed by atoms with Gasteiger partial charge in [0, 0.05) is 5.56 Å². The molecule has 2 amide bonds. The number of rotatable bonds is 9. The smallest absolute Gasteiger partial charge is 0.285 e. The molecule has 0 aromatic heterocycles. The predicted molar refractivity (Wildman–Crippen MR) is 146 cm³/mol. The predicted octanol–water partition coefficient (Wildman–Crippen LogP) is 4.74. The molecule has 4 rings (SSSR count). The molecule has 194 valence electrons. The van der Waals surface area contributed by atoms with Crippen LogP contribution in [-0.4, -0.2) is 40.3 Å². The van der Waals surface area contributed by atoms with E-state index in [1.54, 1.807) is 24.3 Å². The fourth-order valence-electron chi connectivity index (χ4n) is 3.46. The number of hydrogen-bond donors (Lipinski definition) is 1. The van der Waals surface area contributed by atoms with Crippen LogP contribution in [0.3, 0.4) is 0 Å². The number of thioether (sulfide) groups is 1. The first-order valence-corrected chi connectivity index (χ1v) is 12.3. The molecule has 1 N–H and O–H groups in total. The zero-order chi connectivity index (χ0) is 27.2. The number of nitrogens with one attached hydrogen (secondary N) is 1. The Hall–Kier alpha value is -4.42. The van der Waals surface area contributed by atoms with Gasteiger partial charge in [-0.1, -0.05) is 42.1 Å². The molecule has 0 aliphatic carbocycles. The lowest BCUT2D eigenvalue weighted by atomic mass is 10.1. The highest BCUT2D eigenvalue weighted by Gasteiger charge is 2.34. The molecule has 1 heterocycles. The second-order valence-electron chi connectivity index (χ2n) is 7.78. The number of nitro groups is 1. The Labute approximate surface area is 227 Å². The molecule has 1 aliphatic rings. The van der Waals surface area contributed by atoms with E-state index in [2.05, 4.69) is 5.43 Å². The van der Waals surface area contributed by atoms with Gasteiger partial charge in [-0.2, -0.15) is 5.01 Å². The molecule has 0 unspecified atom stereocenters. The van der Waals surface area contributed by atoms with Crippen molar-refractivity contribution < 1.29 is 28.7 Å². The second-order valence-corrected chi connectivity index (χ2v) is 9.46. The number of amides is 2. The van der Waals surface area contributed by atoms with Crippen molar-refractivity contribution in [3.63, 3.8) is 0 Å². The topological polar surface area (TPSA) is 120 Å². The minimum absolute atomic E-state index is 0.0699. The molecular formula is C26H21N3O7S2. The van der Waals surface area contributed by atoms with Gasteiger partial charge in [0.25, 0.3) is 17.5 Å². The van der Waals surface area contributed by atoms with Crippen LogP contribution < -0.4 is 19.6 Å². The fraction of sp³-hybridized carbons (Fsp3) is 0.115. The molecule has 10 nitrogen and oxygen atoms in total. The van der Waals surface area contributed by atoms with Crippen molar-refractivity contribution >= 4 is 51.9 Å². The minimum Gasteiger partial charge on any atom is -0.497 e. The normalized spacial score (nSPS) is 13.9. The van der Waals surface area contributed by atoms with Gasteiger partial charge in [-0.3, -0.25) is 25.1 Å². The summed E-state index contributed by atoms with van der Waals surface area (Å²) < 4.78 is 16.3. The summed E-state index contributed by atoms with van der Waals surface area (Å²) >= 11 is 6.17. The first kappa shape index (κ1) is 26.6. The molecular weight excluding hydrogens is 530 g/mol. The van der Waals surface area contributed by atoms with E-state index in [-0.39, 0.29) is 44.1 Å². The van der Waals surface area contributed by atoms with E-state index in [1.165, 1.54) is 32.4 Å². The molecule has 1 saturated heterocycles. The Morgan fingerprint density at radius 3 is 2.42 bits per heavy atom. The molecule has 38 heavy (non-hydrogen) atoms. The van der Waals surface area contributed by atoms with Crippen molar-refractivity contribution in [2.24, 2.45) is 0 Å². The molecule has 0 bridgehead atoms. The molecule has 12 heteroatoms. The molecule has 0 saturated carbocycles. The first-order chi connectivity index (χ1) is 18.3. The zero-order valence-electron chi connectivity index (χ0n) is 20.2. The first-order valence-electron chi connectivity index (χ1n) is 11.1. The number of hydrazine groups is 1. The molecule has 1 aliphatic heterocycles. The maximum atomic E-state index is 13.0. The van der Waals surface area contributed by atoms with Crippen LogP contribution >= 0.6 is 24.0 Å². The second kappa shape index (κ2) is 11.8. The SMILES string of the molecule is COc1ccc(C(=O)NN2C(=O)/C(=C\c3cc(OC)c(OCc4ccccc4)cc3[N+](=O)[O-])SC2=S)cc1. The number of nitrogens with zero attached hydrogens (tertiary/aromatic N) is 2. The summed E-state index contributed by atoms with van der Waals surface area (Å²) in [6.07, 6.45) is 1.33. The number of methoxy groups -OCH3 is 2. The highest BCUT2D eigenvalue weighted by Crippen LogP contribution is 2.39. The lowest BCUT2D eigenvalue weighted by Gasteiger charge is -2.15. The van der Waals surface area contributed by atoms with Gasteiger partial charge in [0.1, 0.15) is 12.4 Å². The summed E-state index contributed by atoms with van der Waals surface area (Å²) in [4.78, 5) is 37.0. The van der Waals surface area contributed by atoms with Crippen molar-refractivity contribution in [1.29, 1.82) is 0 Å². The summed E-state index contributed by atoms with van der Waals surface area (Å²) in [6.45, 7) is 0.181. The highest BCUT2D eigenvalue weighted by atomic mass is 32.2. The number of hydrogen-bond acceptors (Lipinski definition) is 9. The van der Waals surface area contributed by atoms with Gasteiger partial charge >= 0.3 is 0 Å². The van der Waals surface area contributed by atoms with E-state index in [4.69, 9.17) is 26.4 Å². The highest BCUT2D eigenvalue weighted by molar-refractivity contribution is 8.26. The van der Waals surface area contributed by atoms with Gasteiger partial charge in [-0.25, -0.2) is 0 Å². The third kappa shape index (κ3) is 5.93. The van der Waals surface area contributed by atoms with E-state index < -0.39 is 16.7 Å². The van der Waals surface area contributed by atoms with Crippen LogP contribution in [-0.2, 0) is 11.4 Å². The van der Waals surface area contributed by atoms with Gasteiger partial charge in [0.2, 0.25) is 0 Å². The maximum Gasteiger partial charge on any atom is 0.285 e. The maximum absolute atomic E-state index is 13.0. The molecule has 3 aromatic carbocycles. The van der Waals surface area contributed by atoms with Gasteiger partial charge in [0.15, 0.2) is 15.8 Å². The van der Waals surface area contributed by atoms with Crippen LogP contribution in [0.4, 0.5) is 5.69 Å². The molecule has 0 atom stereocenters. The third-order valence-corrected chi connectivity index (χ3v) is 6.69. The van der Waals surface area contributed by atoms with Crippen molar-refractivity contribution in [2.45, 2.75) is 6.61 Å². The lowest BCUT2D eigenvalue weighted by molar-refractivity contribution is -0.385. The third-order valence-electron chi connectivity index (χ3n) is 5.39. The summed E-state index contributed by atoms with van der Waals surface area (Å²) in [7, 11) is 2.92. The Morgan fingerprint density at radius 2 is 1.79 bits per heavy atom. The minimum atomic E-state index is -0.625. The van der Waals surface area contributed by atoms with E-state index in [1.807, 2.05) is 30.3 Å². The summed E-state index contributed by atoms with van der Waals surface area (Å²) in [5.74, 6) is -0.179. The van der Waals surface area contributed by atoms with Gasteiger partial charge < -0.3 is 14.2 Å². The Morgan fingerprint density at radius 1 is 1.08 bits per heavy atom. The van der Waals surface area contributed by atoms with Crippen molar-refractivity contribution in [1.82, 2.24) is 10.4 Å². The van der Waals surface area contributed by atoms with E-state index in [0.717, 1.165) is 22.3 Å². The number of ether oxygens (including phenoxy) is 3. The van der Waals surface area contributed by atoms with Crippen LogP contribution in [0.5, 0.6) is 17.2 Å². The van der Waals surface area contributed by atoms with E-state index in [0.29, 0.717) is 5.75 Å². The number of carbonyl (C=O) groups excluding carboxylic acids is 2. The molecule has 3 aromatic rings. The van der Waals surface area contributed by atoms with E-state index in [9.17, 15) is 19.7 Å².